The summed E-state index contributed by atoms with van der Waals surface area (Å²) in [6.07, 6.45) is 2.80. The highest BCUT2D eigenvalue weighted by Crippen LogP contribution is 2.17. The van der Waals surface area contributed by atoms with Gasteiger partial charge in [-0.15, -0.1) is 0 Å². The SMILES string of the molecule is Cc1cccc(NS(=O)(=O)c2cncc(Br)c2)n1. The van der Waals surface area contributed by atoms with Crippen LogP contribution in [0.5, 0.6) is 0 Å². The summed E-state index contributed by atoms with van der Waals surface area (Å²) in [5.41, 5.74) is 0.738. The van der Waals surface area contributed by atoms with Crippen LogP contribution in [0.15, 0.2) is 46.0 Å². The number of rotatable bonds is 3. The molecule has 0 atom stereocenters. The third-order valence-electron chi connectivity index (χ3n) is 2.12. The van der Waals surface area contributed by atoms with Crippen LogP contribution in [-0.2, 0) is 10.0 Å². The first-order valence-electron chi connectivity index (χ1n) is 5.04. The standard InChI is InChI=1S/C11H10BrN3O2S/c1-8-3-2-4-11(14-8)15-18(16,17)10-5-9(12)6-13-7-10/h2-7H,1H3,(H,14,15). The first kappa shape index (κ1) is 13.0. The van der Waals surface area contributed by atoms with E-state index in [1.165, 1.54) is 18.5 Å². The fourth-order valence-corrected chi connectivity index (χ4v) is 2.84. The van der Waals surface area contributed by atoms with Gasteiger partial charge in [0.2, 0.25) is 0 Å². The van der Waals surface area contributed by atoms with Crippen LogP contribution in [0.4, 0.5) is 5.82 Å². The largest absolute Gasteiger partial charge is 0.264 e. The number of halogens is 1. The van der Waals surface area contributed by atoms with E-state index >= 15 is 0 Å². The van der Waals surface area contributed by atoms with Crippen molar-refractivity contribution in [1.29, 1.82) is 0 Å². The molecule has 0 amide bonds. The Labute approximate surface area is 113 Å². The van der Waals surface area contributed by atoms with Gasteiger partial charge in [0.05, 0.1) is 0 Å². The van der Waals surface area contributed by atoms with Crippen molar-refractivity contribution in [3.63, 3.8) is 0 Å². The lowest BCUT2D eigenvalue weighted by atomic mass is 10.4. The van der Waals surface area contributed by atoms with Crippen LogP contribution < -0.4 is 4.72 Å². The molecule has 0 saturated heterocycles. The lowest BCUT2D eigenvalue weighted by Crippen LogP contribution is -2.14. The second-order valence-electron chi connectivity index (χ2n) is 3.61. The molecule has 0 spiro atoms. The summed E-state index contributed by atoms with van der Waals surface area (Å²) in [5, 5.41) is 0. The molecule has 0 bridgehead atoms. The summed E-state index contributed by atoms with van der Waals surface area (Å²) in [5.74, 6) is 0.287. The molecule has 1 N–H and O–H groups in total. The lowest BCUT2D eigenvalue weighted by Gasteiger charge is -2.07. The molecule has 0 saturated carbocycles. The van der Waals surface area contributed by atoms with Gasteiger partial charge < -0.3 is 0 Å². The van der Waals surface area contributed by atoms with Gasteiger partial charge in [-0.1, -0.05) is 6.07 Å². The van der Waals surface area contributed by atoms with Crippen LogP contribution in [0.2, 0.25) is 0 Å². The van der Waals surface area contributed by atoms with Crippen LogP contribution in [0.1, 0.15) is 5.69 Å². The maximum absolute atomic E-state index is 12.1. The van der Waals surface area contributed by atoms with Gasteiger partial charge in [0.25, 0.3) is 10.0 Å². The maximum Gasteiger partial charge on any atom is 0.264 e. The van der Waals surface area contributed by atoms with Gasteiger partial charge in [0, 0.05) is 22.6 Å². The molecule has 2 aromatic heterocycles. The van der Waals surface area contributed by atoms with Crippen molar-refractivity contribution in [3.05, 3.63) is 46.8 Å². The Hall–Kier alpha value is -1.47. The van der Waals surface area contributed by atoms with Gasteiger partial charge >= 0.3 is 0 Å². The summed E-state index contributed by atoms with van der Waals surface area (Å²) in [6, 6.07) is 6.60. The van der Waals surface area contributed by atoms with Crippen molar-refractivity contribution in [2.45, 2.75) is 11.8 Å². The summed E-state index contributed by atoms with van der Waals surface area (Å²) < 4.78 is 27.1. The fraction of sp³-hybridized carbons (Fsp3) is 0.0909. The number of aryl methyl sites for hydroxylation is 1. The van der Waals surface area contributed by atoms with E-state index in [4.69, 9.17) is 0 Å². The second kappa shape index (κ2) is 5.03. The molecule has 0 aliphatic heterocycles. The molecule has 94 valence electrons. The number of sulfonamides is 1. The Kier molecular flexibility index (Phi) is 3.63. The molecular weight excluding hydrogens is 318 g/mol. The van der Waals surface area contributed by atoms with E-state index in [-0.39, 0.29) is 10.7 Å². The molecule has 18 heavy (non-hydrogen) atoms. The molecular formula is C11H10BrN3O2S. The summed E-state index contributed by atoms with van der Waals surface area (Å²) in [7, 11) is -3.66. The molecule has 0 radical (unpaired) electrons. The monoisotopic (exact) mass is 327 g/mol. The zero-order valence-corrected chi connectivity index (χ0v) is 11.9. The predicted octanol–water partition coefficient (Wildman–Crippen LogP) is 2.35. The van der Waals surface area contributed by atoms with Gasteiger partial charge in [0.15, 0.2) is 0 Å². The highest BCUT2D eigenvalue weighted by molar-refractivity contribution is 9.10. The minimum Gasteiger partial charge on any atom is -0.263 e. The van der Waals surface area contributed by atoms with E-state index in [2.05, 4.69) is 30.6 Å². The molecule has 2 rings (SSSR count). The van der Waals surface area contributed by atoms with E-state index in [1.807, 2.05) is 0 Å². The minimum atomic E-state index is -3.66. The van der Waals surface area contributed by atoms with Gasteiger partial charge in [-0.05, 0) is 41.1 Å². The molecule has 0 aromatic carbocycles. The van der Waals surface area contributed by atoms with Crippen LogP contribution in [0, 0.1) is 6.92 Å². The third-order valence-corrected chi connectivity index (χ3v) is 3.87. The topological polar surface area (TPSA) is 72.0 Å². The second-order valence-corrected chi connectivity index (χ2v) is 6.21. The van der Waals surface area contributed by atoms with E-state index in [0.29, 0.717) is 4.47 Å². The molecule has 0 unspecified atom stereocenters. The average Bonchev–Trinajstić information content (AvgIpc) is 2.28. The van der Waals surface area contributed by atoms with E-state index in [9.17, 15) is 8.42 Å². The molecule has 2 heterocycles. The Morgan fingerprint density at radius 1 is 1.28 bits per heavy atom. The highest BCUT2D eigenvalue weighted by atomic mass is 79.9. The molecule has 0 aliphatic carbocycles. The number of nitrogens with one attached hydrogen (secondary N) is 1. The third kappa shape index (κ3) is 3.05. The van der Waals surface area contributed by atoms with Crippen LogP contribution in [-0.4, -0.2) is 18.4 Å². The van der Waals surface area contributed by atoms with Crippen molar-refractivity contribution in [1.82, 2.24) is 9.97 Å². The van der Waals surface area contributed by atoms with E-state index < -0.39 is 10.0 Å². The number of anilines is 1. The Morgan fingerprint density at radius 3 is 2.72 bits per heavy atom. The smallest absolute Gasteiger partial charge is 0.263 e. The Morgan fingerprint density at radius 2 is 2.06 bits per heavy atom. The van der Waals surface area contributed by atoms with Crippen molar-refractivity contribution < 1.29 is 8.42 Å². The number of hydrogen-bond donors (Lipinski definition) is 1. The first-order valence-corrected chi connectivity index (χ1v) is 7.32. The average molecular weight is 328 g/mol. The quantitative estimate of drug-likeness (QED) is 0.939. The van der Waals surface area contributed by atoms with E-state index in [0.717, 1.165) is 5.69 Å². The molecule has 0 aliphatic rings. The molecule has 5 nitrogen and oxygen atoms in total. The van der Waals surface area contributed by atoms with Gasteiger partial charge in [0.1, 0.15) is 10.7 Å². The zero-order chi connectivity index (χ0) is 13.2. The predicted molar refractivity (Wildman–Crippen MR) is 71.7 cm³/mol. The first-order chi connectivity index (χ1) is 8.47. The Bertz CT molecular complexity index is 673. The number of pyridine rings is 2. The lowest BCUT2D eigenvalue weighted by molar-refractivity contribution is 0.600. The summed E-state index contributed by atoms with van der Waals surface area (Å²) in [6.45, 7) is 1.79. The zero-order valence-electron chi connectivity index (χ0n) is 9.46. The molecule has 7 heteroatoms. The maximum atomic E-state index is 12.1. The Balaban J connectivity index is 2.33. The summed E-state index contributed by atoms with van der Waals surface area (Å²) >= 11 is 3.18. The van der Waals surface area contributed by atoms with Crippen molar-refractivity contribution in [3.8, 4) is 0 Å². The van der Waals surface area contributed by atoms with Crippen LogP contribution in [0.3, 0.4) is 0 Å². The fourth-order valence-electron chi connectivity index (χ4n) is 1.34. The highest BCUT2D eigenvalue weighted by Gasteiger charge is 2.15. The van der Waals surface area contributed by atoms with Crippen LogP contribution >= 0.6 is 15.9 Å². The molecule has 2 aromatic rings. The molecule has 0 fully saturated rings. The minimum absolute atomic E-state index is 0.0835. The number of aromatic nitrogens is 2. The van der Waals surface area contributed by atoms with Gasteiger partial charge in [-0.25, -0.2) is 13.4 Å². The number of hydrogen-bond acceptors (Lipinski definition) is 4. The van der Waals surface area contributed by atoms with E-state index in [1.54, 1.807) is 25.1 Å². The number of nitrogens with zero attached hydrogens (tertiary/aromatic N) is 2. The van der Waals surface area contributed by atoms with Crippen molar-refractivity contribution >= 4 is 31.8 Å². The van der Waals surface area contributed by atoms with Gasteiger partial charge in [-0.2, -0.15) is 0 Å². The van der Waals surface area contributed by atoms with Crippen LogP contribution in [0.25, 0.3) is 0 Å². The van der Waals surface area contributed by atoms with Crippen molar-refractivity contribution in [2.24, 2.45) is 0 Å². The van der Waals surface area contributed by atoms with Gasteiger partial charge in [-0.3, -0.25) is 9.71 Å². The van der Waals surface area contributed by atoms with Crippen molar-refractivity contribution in [2.75, 3.05) is 4.72 Å². The summed E-state index contributed by atoms with van der Waals surface area (Å²) in [4.78, 5) is 7.99. The normalized spacial score (nSPS) is 11.2.